The van der Waals surface area contributed by atoms with Crippen LogP contribution in [-0.4, -0.2) is 27.5 Å². The second-order valence-corrected chi connectivity index (χ2v) is 5.48. The first-order chi connectivity index (χ1) is 9.52. The van der Waals surface area contributed by atoms with Crippen molar-refractivity contribution >= 4 is 22.8 Å². The van der Waals surface area contributed by atoms with Crippen molar-refractivity contribution in [3.05, 3.63) is 36.0 Å². The molecule has 1 unspecified atom stereocenters. The number of hydrogen-bond acceptors (Lipinski definition) is 2. The standard InChI is InChI=1S/C15H16N2O3/c1-15(14(19)20,9-6-7-9)17-13(18)11-8-16-12-5-3-2-4-10(11)12/h2-5,8-9,16H,6-7H2,1H3,(H,17,18)(H,19,20). The number of rotatable bonds is 4. The Balaban J connectivity index is 1.91. The number of para-hydroxylation sites is 1. The zero-order valence-electron chi connectivity index (χ0n) is 11.1. The van der Waals surface area contributed by atoms with Gasteiger partial charge in [0, 0.05) is 17.1 Å². The molecule has 1 aromatic carbocycles. The highest BCUT2D eigenvalue weighted by atomic mass is 16.4. The normalized spacial score (nSPS) is 17.6. The molecule has 3 N–H and O–H groups in total. The number of fused-ring (bicyclic) bond motifs is 1. The lowest BCUT2D eigenvalue weighted by Gasteiger charge is -2.25. The molecule has 1 saturated carbocycles. The second-order valence-electron chi connectivity index (χ2n) is 5.48. The molecular formula is C15H16N2O3. The van der Waals surface area contributed by atoms with Gasteiger partial charge in [0.25, 0.3) is 5.91 Å². The Morgan fingerprint density at radius 3 is 2.70 bits per heavy atom. The highest BCUT2D eigenvalue weighted by Crippen LogP contribution is 2.40. The smallest absolute Gasteiger partial charge is 0.329 e. The molecule has 5 nitrogen and oxygen atoms in total. The minimum Gasteiger partial charge on any atom is -0.480 e. The number of nitrogens with one attached hydrogen (secondary N) is 2. The van der Waals surface area contributed by atoms with E-state index in [0.29, 0.717) is 5.56 Å². The molecule has 1 aliphatic rings. The molecule has 0 bridgehead atoms. The van der Waals surface area contributed by atoms with E-state index in [1.165, 1.54) is 0 Å². The number of hydrogen-bond donors (Lipinski definition) is 3. The summed E-state index contributed by atoms with van der Waals surface area (Å²) in [5.41, 5.74) is 0.157. The highest BCUT2D eigenvalue weighted by molar-refractivity contribution is 6.08. The minimum absolute atomic E-state index is 0.0224. The molecule has 1 aliphatic carbocycles. The molecule has 1 amide bonds. The maximum atomic E-state index is 12.4. The van der Waals surface area contributed by atoms with Crippen molar-refractivity contribution in [1.29, 1.82) is 0 Å². The molecule has 0 spiro atoms. The van der Waals surface area contributed by atoms with E-state index >= 15 is 0 Å². The third-order valence-electron chi connectivity index (χ3n) is 4.05. The molecule has 20 heavy (non-hydrogen) atoms. The Kier molecular flexibility index (Phi) is 2.78. The molecule has 2 aromatic rings. The fraction of sp³-hybridized carbons (Fsp3) is 0.333. The molecule has 0 saturated heterocycles. The topological polar surface area (TPSA) is 82.2 Å². The van der Waals surface area contributed by atoms with Crippen LogP contribution in [0.25, 0.3) is 10.9 Å². The Hall–Kier alpha value is -2.30. The van der Waals surface area contributed by atoms with E-state index in [-0.39, 0.29) is 11.8 Å². The van der Waals surface area contributed by atoms with Gasteiger partial charge in [-0.2, -0.15) is 0 Å². The molecule has 1 atom stereocenters. The molecule has 1 aromatic heterocycles. The molecule has 104 valence electrons. The number of carboxylic acid groups (broad SMARTS) is 1. The van der Waals surface area contributed by atoms with Crippen LogP contribution in [0.2, 0.25) is 0 Å². The van der Waals surface area contributed by atoms with Gasteiger partial charge in [-0.15, -0.1) is 0 Å². The van der Waals surface area contributed by atoms with E-state index in [1.807, 2.05) is 24.3 Å². The molecule has 0 aliphatic heterocycles. The van der Waals surface area contributed by atoms with Gasteiger partial charge in [-0.1, -0.05) is 18.2 Å². The number of aromatic amines is 1. The average Bonchev–Trinajstić information content (AvgIpc) is 3.18. The maximum Gasteiger partial charge on any atom is 0.329 e. The summed E-state index contributed by atoms with van der Waals surface area (Å²) >= 11 is 0. The SMILES string of the molecule is CC(NC(=O)c1c[nH]c2ccccc12)(C(=O)O)C1CC1. The van der Waals surface area contributed by atoms with Crippen LogP contribution >= 0.6 is 0 Å². The molecule has 1 fully saturated rings. The van der Waals surface area contributed by atoms with Crippen LogP contribution in [0.15, 0.2) is 30.5 Å². The van der Waals surface area contributed by atoms with Crippen molar-refractivity contribution in [1.82, 2.24) is 10.3 Å². The fourth-order valence-electron chi connectivity index (χ4n) is 2.55. The first kappa shape index (κ1) is 12.7. The molecule has 5 heteroatoms. The van der Waals surface area contributed by atoms with Crippen molar-refractivity contribution < 1.29 is 14.7 Å². The van der Waals surface area contributed by atoms with Gasteiger partial charge >= 0.3 is 5.97 Å². The van der Waals surface area contributed by atoms with Crippen LogP contribution in [0.4, 0.5) is 0 Å². The Bertz CT molecular complexity index is 687. The maximum absolute atomic E-state index is 12.4. The quantitative estimate of drug-likeness (QED) is 0.797. The van der Waals surface area contributed by atoms with Gasteiger partial charge < -0.3 is 15.4 Å². The van der Waals surface area contributed by atoms with Gasteiger partial charge in [-0.25, -0.2) is 4.79 Å². The van der Waals surface area contributed by atoms with Gasteiger partial charge in [0.1, 0.15) is 5.54 Å². The van der Waals surface area contributed by atoms with Crippen LogP contribution in [0, 0.1) is 5.92 Å². The van der Waals surface area contributed by atoms with Crippen molar-refractivity contribution in [3.63, 3.8) is 0 Å². The van der Waals surface area contributed by atoms with Crippen LogP contribution in [0.3, 0.4) is 0 Å². The largest absolute Gasteiger partial charge is 0.480 e. The second kappa shape index (κ2) is 4.37. The summed E-state index contributed by atoms with van der Waals surface area (Å²) in [4.78, 5) is 26.8. The Morgan fingerprint density at radius 1 is 1.35 bits per heavy atom. The molecule has 0 radical (unpaired) electrons. The van der Waals surface area contributed by atoms with Crippen LogP contribution in [0.1, 0.15) is 30.1 Å². The first-order valence-electron chi connectivity index (χ1n) is 6.64. The number of amides is 1. The Labute approximate surface area is 116 Å². The fourth-order valence-corrected chi connectivity index (χ4v) is 2.55. The molecule has 3 rings (SSSR count). The van der Waals surface area contributed by atoms with E-state index in [2.05, 4.69) is 10.3 Å². The van der Waals surface area contributed by atoms with Crippen molar-refractivity contribution in [3.8, 4) is 0 Å². The van der Waals surface area contributed by atoms with E-state index in [1.54, 1.807) is 13.1 Å². The summed E-state index contributed by atoms with van der Waals surface area (Å²) in [6, 6.07) is 7.45. The Morgan fingerprint density at radius 2 is 2.05 bits per heavy atom. The summed E-state index contributed by atoms with van der Waals surface area (Å²) < 4.78 is 0. The van der Waals surface area contributed by atoms with E-state index in [9.17, 15) is 14.7 Å². The van der Waals surface area contributed by atoms with Gasteiger partial charge in [-0.05, 0) is 31.7 Å². The lowest BCUT2D eigenvalue weighted by atomic mass is 9.95. The number of aromatic nitrogens is 1. The van der Waals surface area contributed by atoms with E-state index in [0.717, 1.165) is 23.7 Å². The number of carboxylic acids is 1. The van der Waals surface area contributed by atoms with E-state index < -0.39 is 11.5 Å². The van der Waals surface area contributed by atoms with Gasteiger partial charge in [-0.3, -0.25) is 4.79 Å². The zero-order chi connectivity index (χ0) is 14.3. The summed E-state index contributed by atoms with van der Waals surface area (Å²) in [6.07, 6.45) is 3.31. The van der Waals surface area contributed by atoms with E-state index in [4.69, 9.17) is 0 Å². The third-order valence-corrected chi connectivity index (χ3v) is 4.05. The van der Waals surface area contributed by atoms with Crippen molar-refractivity contribution in [2.75, 3.05) is 0 Å². The van der Waals surface area contributed by atoms with Crippen LogP contribution in [-0.2, 0) is 4.79 Å². The van der Waals surface area contributed by atoms with Crippen LogP contribution in [0.5, 0.6) is 0 Å². The van der Waals surface area contributed by atoms with Gasteiger partial charge in [0.15, 0.2) is 0 Å². The predicted molar refractivity (Wildman–Crippen MR) is 74.5 cm³/mol. The summed E-state index contributed by atoms with van der Waals surface area (Å²) in [5.74, 6) is -1.30. The zero-order valence-corrected chi connectivity index (χ0v) is 11.1. The number of benzene rings is 1. The summed E-state index contributed by atoms with van der Waals surface area (Å²) in [5, 5.41) is 12.9. The summed E-state index contributed by atoms with van der Waals surface area (Å²) in [7, 11) is 0. The lowest BCUT2D eigenvalue weighted by molar-refractivity contribution is -0.144. The van der Waals surface area contributed by atoms with Crippen molar-refractivity contribution in [2.45, 2.75) is 25.3 Å². The highest BCUT2D eigenvalue weighted by Gasteiger charge is 2.48. The number of aliphatic carboxylic acids is 1. The monoisotopic (exact) mass is 272 g/mol. The summed E-state index contributed by atoms with van der Waals surface area (Å²) in [6.45, 7) is 1.58. The third kappa shape index (κ3) is 1.95. The predicted octanol–water partition coefficient (Wildman–Crippen LogP) is 2.15. The van der Waals surface area contributed by atoms with Crippen LogP contribution < -0.4 is 5.32 Å². The lowest BCUT2D eigenvalue weighted by Crippen LogP contribution is -2.54. The average molecular weight is 272 g/mol. The molecule has 1 heterocycles. The number of H-pyrrole nitrogens is 1. The first-order valence-corrected chi connectivity index (χ1v) is 6.64. The number of carbonyl (C=O) groups excluding carboxylic acids is 1. The minimum atomic E-state index is -1.19. The van der Waals surface area contributed by atoms with Crippen molar-refractivity contribution in [2.24, 2.45) is 5.92 Å². The number of carbonyl (C=O) groups is 2. The van der Waals surface area contributed by atoms with Gasteiger partial charge in [0.05, 0.1) is 5.56 Å². The van der Waals surface area contributed by atoms with Gasteiger partial charge in [0.2, 0.25) is 0 Å². The molecular weight excluding hydrogens is 256 g/mol.